The van der Waals surface area contributed by atoms with Gasteiger partial charge in [0.1, 0.15) is 0 Å². The molecule has 1 heterocycles. The van der Waals surface area contributed by atoms with Crippen molar-refractivity contribution < 1.29 is 18.0 Å². The SMILES string of the molecule is O=C1CC(Br)CN1c1cccc(C(F)(F)F)c1Br. The zero-order valence-corrected chi connectivity index (χ0v) is 12.1. The summed E-state index contributed by atoms with van der Waals surface area (Å²) in [6.45, 7) is 0.374. The number of rotatable bonds is 1. The van der Waals surface area contributed by atoms with Gasteiger partial charge in [-0.15, -0.1) is 0 Å². The predicted octanol–water partition coefficient (Wildman–Crippen LogP) is 3.97. The molecule has 1 unspecified atom stereocenters. The van der Waals surface area contributed by atoms with Crippen LogP contribution in [0.3, 0.4) is 0 Å². The van der Waals surface area contributed by atoms with Gasteiger partial charge in [0.2, 0.25) is 5.91 Å². The lowest BCUT2D eigenvalue weighted by atomic mass is 10.2. The summed E-state index contributed by atoms with van der Waals surface area (Å²) in [5, 5.41) is 0. The van der Waals surface area contributed by atoms with Crippen LogP contribution < -0.4 is 4.90 Å². The number of halogens is 5. The summed E-state index contributed by atoms with van der Waals surface area (Å²) in [7, 11) is 0. The third-order valence-corrected chi connectivity index (χ3v) is 4.10. The van der Waals surface area contributed by atoms with E-state index in [1.165, 1.54) is 17.0 Å². The van der Waals surface area contributed by atoms with Gasteiger partial charge in [0.15, 0.2) is 0 Å². The van der Waals surface area contributed by atoms with Crippen LogP contribution in [-0.2, 0) is 11.0 Å². The Bertz CT molecular complexity index is 490. The minimum atomic E-state index is -4.44. The van der Waals surface area contributed by atoms with E-state index in [9.17, 15) is 18.0 Å². The van der Waals surface area contributed by atoms with E-state index < -0.39 is 11.7 Å². The first-order valence-corrected chi connectivity index (χ1v) is 6.81. The van der Waals surface area contributed by atoms with E-state index in [4.69, 9.17) is 0 Å². The molecule has 1 atom stereocenters. The Morgan fingerprint density at radius 3 is 2.50 bits per heavy atom. The van der Waals surface area contributed by atoms with Gasteiger partial charge >= 0.3 is 6.18 Å². The summed E-state index contributed by atoms with van der Waals surface area (Å²) < 4.78 is 38.2. The van der Waals surface area contributed by atoms with Crippen molar-refractivity contribution in [2.24, 2.45) is 0 Å². The van der Waals surface area contributed by atoms with Crippen LogP contribution in [0.1, 0.15) is 12.0 Å². The molecule has 0 aliphatic carbocycles. The number of hydrogen-bond acceptors (Lipinski definition) is 1. The Morgan fingerprint density at radius 2 is 2.00 bits per heavy atom. The molecular weight excluding hydrogens is 379 g/mol. The molecule has 2 nitrogen and oxygen atoms in total. The number of amides is 1. The van der Waals surface area contributed by atoms with Crippen molar-refractivity contribution >= 4 is 43.5 Å². The molecule has 1 aromatic rings. The molecule has 0 spiro atoms. The lowest BCUT2D eigenvalue weighted by molar-refractivity contribution is -0.138. The minimum Gasteiger partial charge on any atom is -0.310 e. The molecule has 1 saturated heterocycles. The average Bonchev–Trinajstić information content (AvgIpc) is 2.56. The monoisotopic (exact) mass is 385 g/mol. The molecule has 18 heavy (non-hydrogen) atoms. The minimum absolute atomic E-state index is 0.0218. The Labute approximate surface area is 118 Å². The van der Waals surface area contributed by atoms with Crippen LogP contribution in [0.5, 0.6) is 0 Å². The van der Waals surface area contributed by atoms with Crippen molar-refractivity contribution in [1.82, 2.24) is 0 Å². The van der Waals surface area contributed by atoms with Crippen molar-refractivity contribution in [3.05, 3.63) is 28.2 Å². The number of nitrogens with zero attached hydrogens (tertiary/aromatic N) is 1. The second kappa shape index (κ2) is 4.85. The molecule has 7 heteroatoms. The van der Waals surface area contributed by atoms with Gasteiger partial charge in [-0.2, -0.15) is 13.2 Å². The van der Waals surface area contributed by atoms with Crippen LogP contribution >= 0.6 is 31.9 Å². The van der Waals surface area contributed by atoms with E-state index in [0.29, 0.717) is 13.0 Å². The molecule has 0 saturated carbocycles. The van der Waals surface area contributed by atoms with Crippen molar-refractivity contribution in [3.63, 3.8) is 0 Å². The molecule has 0 radical (unpaired) electrons. The van der Waals surface area contributed by atoms with Gasteiger partial charge in [-0.3, -0.25) is 4.79 Å². The Hall–Kier alpha value is -0.560. The third kappa shape index (κ3) is 2.56. The largest absolute Gasteiger partial charge is 0.417 e. The van der Waals surface area contributed by atoms with Crippen molar-refractivity contribution in [3.8, 4) is 0 Å². The normalized spacial score (nSPS) is 20.6. The van der Waals surface area contributed by atoms with Crippen molar-refractivity contribution in [2.45, 2.75) is 17.4 Å². The molecular formula is C11H8Br2F3NO. The van der Waals surface area contributed by atoms with E-state index in [0.717, 1.165) is 6.07 Å². The Kier molecular flexibility index (Phi) is 3.73. The average molecular weight is 387 g/mol. The Balaban J connectivity index is 2.44. The fraction of sp³-hybridized carbons (Fsp3) is 0.364. The first kappa shape index (κ1) is 13.9. The maximum atomic E-state index is 12.7. The second-order valence-corrected chi connectivity index (χ2v) is 6.03. The smallest absolute Gasteiger partial charge is 0.310 e. The first-order valence-electron chi connectivity index (χ1n) is 5.11. The number of benzene rings is 1. The van der Waals surface area contributed by atoms with Gasteiger partial charge in [0.25, 0.3) is 0 Å². The number of carbonyl (C=O) groups excluding carboxylic acids is 1. The van der Waals surface area contributed by atoms with Crippen molar-refractivity contribution in [2.75, 3.05) is 11.4 Å². The van der Waals surface area contributed by atoms with Gasteiger partial charge in [-0.1, -0.05) is 22.0 Å². The molecule has 0 N–H and O–H groups in total. The number of anilines is 1. The highest BCUT2D eigenvalue weighted by atomic mass is 79.9. The molecule has 1 aromatic carbocycles. The molecule has 1 aliphatic heterocycles. The fourth-order valence-corrected chi connectivity index (χ4v) is 3.11. The van der Waals surface area contributed by atoms with Gasteiger partial charge < -0.3 is 4.90 Å². The van der Waals surface area contributed by atoms with Crippen LogP contribution in [0.4, 0.5) is 18.9 Å². The summed E-state index contributed by atoms with van der Waals surface area (Å²) in [6, 6.07) is 3.79. The summed E-state index contributed by atoms with van der Waals surface area (Å²) >= 11 is 6.24. The zero-order chi connectivity index (χ0) is 13.5. The van der Waals surface area contributed by atoms with E-state index in [1.54, 1.807) is 0 Å². The standard InChI is InChI=1S/C11H8Br2F3NO/c12-6-4-9(18)17(5-6)8-3-1-2-7(10(8)13)11(14,15)16/h1-3,6H,4-5H2. The summed E-state index contributed by atoms with van der Waals surface area (Å²) in [5.74, 6) is -0.183. The highest BCUT2D eigenvalue weighted by Gasteiger charge is 2.36. The van der Waals surface area contributed by atoms with Crippen LogP contribution in [0.15, 0.2) is 22.7 Å². The number of carbonyl (C=O) groups is 1. The summed E-state index contributed by atoms with van der Waals surface area (Å²) in [6.07, 6.45) is -4.14. The maximum Gasteiger partial charge on any atom is 0.417 e. The first-order chi connectivity index (χ1) is 8.30. The van der Waals surface area contributed by atoms with Crippen LogP contribution in [0.2, 0.25) is 0 Å². The molecule has 0 bridgehead atoms. The number of alkyl halides is 4. The second-order valence-electron chi connectivity index (χ2n) is 3.94. The van der Waals surface area contributed by atoms with Gasteiger partial charge in [0, 0.05) is 17.8 Å². The van der Waals surface area contributed by atoms with E-state index in [1.807, 2.05) is 0 Å². The van der Waals surface area contributed by atoms with Gasteiger partial charge in [0.05, 0.1) is 15.7 Å². The van der Waals surface area contributed by atoms with Crippen LogP contribution in [0.25, 0.3) is 0 Å². The van der Waals surface area contributed by atoms with Gasteiger partial charge in [-0.05, 0) is 28.1 Å². The molecule has 1 aliphatic rings. The summed E-state index contributed by atoms with van der Waals surface area (Å²) in [5.41, 5.74) is -0.511. The van der Waals surface area contributed by atoms with E-state index in [2.05, 4.69) is 31.9 Å². The lowest BCUT2D eigenvalue weighted by Crippen LogP contribution is -2.25. The van der Waals surface area contributed by atoms with Crippen molar-refractivity contribution in [1.29, 1.82) is 0 Å². The fourth-order valence-electron chi connectivity index (χ4n) is 1.84. The van der Waals surface area contributed by atoms with Crippen LogP contribution in [0, 0.1) is 0 Å². The molecule has 98 valence electrons. The summed E-state index contributed by atoms with van der Waals surface area (Å²) in [4.78, 5) is 13.0. The quantitative estimate of drug-likeness (QED) is 0.669. The van der Waals surface area contributed by atoms with Gasteiger partial charge in [-0.25, -0.2) is 0 Å². The zero-order valence-electron chi connectivity index (χ0n) is 8.97. The highest BCUT2D eigenvalue weighted by Crippen LogP contribution is 2.40. The maximum absolute atomic E-state index is 12.7. The van der Waals surface area contributed by atoms with E-state index >= 15 is 0 Å². The third-order valence-electron chi connectivity index (χ3n) is 2.65. The lowest BCUT2D eigenvalue weighted by Gasteiger charge is -2.20. The molecule has 1 amide bonds. The molecule has 1 fully saturated rings. The van der Waals surface area contributed by atoms with E-state index in [-0.39, 0.29) is 20.9 Å². The van der Waals surface area contributed by atoms with Crippen LogP contribution in [-0.4, -0.2) is 17.3 Å². The topological polar surface area (TPSA) is 20.3 Å². The highest BCUT2D eigenvalue weighted by molar-refractivity contribution is 9.10. The number of hydrogen-bond donors (Lipinski definition) is 0. The predicted molar refractivity (Wildman–Crippen MR) is 68.8 cm³/mol. The molecule has 2 rings (SSSR count). The molecule has 0 aromatic heterocycles. The Morgan fingerprint density at radius 1 is 1.33 bits per heavy atom.